The highest BCUT2D eigenvalue weighted by Gasteiger charge is 2.17. The van der Waals surface area contributed by atoms with Crippen LogP contribution in [0.4, 0.5) is 0 Å². The van der Waals surface area contributed by atoms with Crippen LogP contribution < -0.4 is 0 Å². The Balaban J connectivity index is 2.07. The van der Waals surface area contributed by atoms with Gasteiger partial charge < -0.3 is 0 Å². The van der Waals surface area contributed by atoms with Gasteiger partial charge in [-0.25, -0.2) is 8.51 Å². The predicted molar refractivity (Wildman–Crippen MR) is 58.3 cm³/mol. The summed E-state index contributed by atoms with van der Waals surface area (Å²) in [7, 11) is -0.937. The van der Waals surface area contributed by atoms with E-state index in [2.05, 4.69) is 4.31 Å². The molecule has 0 spiro atoms. The van der Waals surface area contributed by atoms with Crippen molar-refractivity contribution in [3.63, 3.8) is 0 Å². The average Bonchev–Trinajstić information content (AvgIpc) is 2.30. The first-order chi connectivity index (χ1) is 6.88. The fourth-order valence-corrected chi connectivity index (χ4v) is 2.99. The fraction of sp³-hybridized carbons (Fsp3) is 0.455. The van der Waals surface area contributed by atoms with E-state index in [0.29, 0.717) is 0 Å². The van der Waals surface area contributed by atoms with Crippen molar-refractivity contribution in [1.82, 2.24) is 4.31 Å². The number of hydrogen-bond acceptors (Lipinski definition) is 1. The predicted octanol–water partition coefficient (Wildman–Crippen LogP) is 2.20. The van der Waals surface area contributed by atoms with E-state index in [1.54, 1.807) is 0 Å². The molecule has 2 rings (SSSR count). The van der Waals surface area contributed by atoms with Crippen LogP contribution in [0.25, 0.3) is 0 Å². The lowest BCUT2D eigenvalue weighted by atomic mass is 10.2. The fourth-order valence-electron chi connectivity index (χ4n) is 1.72. The molecule has 0 radical (unpaired) electrons. The summed E-state index contributed by atoms with van der Waals surface area (Å²) in [5.74, 6) is 0. The van der Waals surface area contributed by atoms with Gasteiger partial charge in [0, 0.05) is 13.1 Å². The number of hydrogen-bond donors (Lipinski definition) is 0. The van der Waals surface area contributed by atoms with Crippen LogP contribution in [0, 0.1) is 0 Å². The molecule has 0 aromatic heterocycles. The van der Waals surface area contributed by atoms with Gasteiger partial charge in [0.15, 0.2) is 0 Å². The van der Waals surface area contributed by atoms with E-state index in [1.807, 2.05) is 30.3 Å². The largest absolute Gasteiger partial charge is 0.237 e. The second kappa shape index (κ2) is 4.71. The van der Waals surface area contributed by atoms with Gasteiger partial charge in [0.05, 0.1) is 4.90 Å². The van der Waals surface area contributed by atoms with Gasteiger partial charge in [-0.05, 0) is 25.0 Å². The molecule has 14 heavy (non-hydrogen) atoms. The molecule has 1 aromatic rings. The van der Waals surface area contributed by atoms with Crippen LogP contribution in [-0.4, -0.2) is 21.6 Å². The Bertz CT molecular complexity index is 306. The highest BCUT2D eigenvalue weighted by atomic mass is 32.2. The van der Waals surface area contributed by atoms with Gasteiger partial charge in [-0.15, -0.1) is 0 Å². The first-order valence-corrected chi connectivity index (χ1v) is 6.20. The van der Waals surface area contributed by atoms with Crippen molar-refractivity contribution in [2.24, 2.45) is 0 Å². The molecule has 0 bridgehead atoms. The number of benzene rings is 1. The molecule has 0 saturated carbocycles. The molecule has 0 N–H and O–H groups in total. The number of piperidine rings is 1. The molecule has 1 aliphatic heterocycles. The molecule has 1 atom stereocenters. The molecule has 0 amide bonds. The summed E-state index contributed by atoms with van der Waals surface area (Å²) in [6.45, 7) is 1.95. The Morgan fingerprint density at radius 2 is 1.64 bits per heavy atom. The zero-order valence-corrected chi connectivity index (χ0v) is 9.00. The van der Waals surface area contributed by atoms with Gasteiger partial charge in [-0.1, -0.05) is 24.6 Å². The third-order valence-electron chi connectivity index (χ3n) is 2.49. The van der Waals surface area contributed by atoms with Crippen molar-refractivity contribution < 1.29 is 4.21 Å². The first kappa shape index (κ1) is 9.87. The molecule has 1 aliphatic rings. The Labute approximate surface area is 87.5 Å². The molecule has 1 fully saturated rings. The van der Waals surface area contributed by atoms with Crippen LogP contribution in [0.2, 0.25) is 0 Å². The topological polar surface area (TPSA) is 20.3 Å². The molecular weight excluding hydrogens is 194 g/mol. The van der Waals surface area contributed by atoms with Crippen molar-refractivity contribution in [1.29, 1.82) is 0 Å². The van der Waals surface area contributed by atoms with Gasteiger partial charge in [-0.3, -0.25) is 0 Å². The van der Waals surface area contributed by atoms with Crippen molar-refractivity contribution in [3.8, 4) is 0 Å². The molecule has 1 heterocycles. The Kier molecular flexibility index (Phi) is 3.32. The summed E-state index contributed by atoms with van der Waals surface area (Å²) in [6, 6.07) is 9.71. The highest BCUT2D eigenvalue weighted by molar-refractivity contribution is 7.82. The van der Waals surface area contributed by atoms with Gasteiger partial charge >= 0.3 is 0 Å². The maximum atomic E-state index is 12.0. The molecule has 1 aromatic carbocycles. The van der Waals surface area contributed by atoms with Crippen LogP contribution in [0.15, 0.2) is 35.2 Å². The highest BCUT2D eigenvalue weighted by Crippen LogP contribution is 2.16. The summed E-state index contributed by atoms with van der Waals surface area (Å²) in [5, 5.41) is 0. The minimum atomic E-state index is -0.937. The van der Waals surface area contributed by atoms with Gasteiger partial charge in [0.2, 0.25) is 0 Å². The Morgan fingerprint density at radius 3 is 2.29 bits per heavy atom. The molecule has 0 aliphatic carbocycles. The lowest BCUT2D eigenvalue weighted by Gasteiger charge is -2.24. The average molecular weight is 209 g/mol. The van der Waals surface area contributed by atoms with Crippen molar-refractivity contribution in [2.45, 2.75) is 24.2 Å². The standard InChI is InChI=1S/C11H15NOS/c13-14(11-7-3-1-4-8-11)12-9-5-2-6-10-12/h1,3-4,7-8H,2,5-6,9-10H2/t14-/m0/s1. The van der Waals surface area contributed by atoms with Crippen molar-refractivity contribution in [2.75, 3.05) is 13.1 Å². The lowest BCUT2D eigenvalue weighted by molar-refractivity contribution is 0.365. The maximum absolute atomic E-state index is 12.0. The maximum Gasteiger partial charge on any atom is 0.127 e. The number of nitrogens with zero attached hydrogens (tertiary/aromatic N) is 1. The van der Waals surface area contributed by atoms with E-state index in [0.717, 1.165) is 18.0 Å². The summed E-state index contributed by atoms with van der Waals surface area (Å²) >= 11 is 0. The lowest BCUT2D eigenvalue weighted by Crippen LogP contribution is -2.31. The smallest absolute Gasteiger partial charge is 0.127 e. The van der Waals surface area contributed by atoms with Gasteiger partial charge in [0.1, 0.15) is 11.0 Å². The van der Waals surface area contributed by atoms with E-state index in [9.17, 15) is 4.21 Å². The molecule has 2 nitrogen and oxygen atoms in total. The van der Waals surface area contributed by atoms with Crippen LogP contribution >= 0.6 is 0 Å². The van der Waals surface area contributed by atoms with Crippen molar-refractivity contribution >= 4 is 11.0 Å². The quantitative estimate of drug-likeness (QED) is 0.731. The molecule has 76 valence electrons. The minimum Gasteiger partial charge on any atom is -0.237 e. The summed E-state index contributed by atoms with van der Waals surface area (Å²) in [5.41, 5.74) is 0. The van der Waals surface area contributed by atoms with E-state index in [4.69, 9.17) is 0 Å². The van der Waals surface area contributed by atoms with E-state index >= 15 is 0 Å². The van der Waals surface area contributed by atoms with E-state index < -0.39 is 11.0 Å². The van der Waals surface area contributed by atoms with Gasteiger partial charge in [-0.2, -0.15) is 0 Å². The summed E-state index contributed by atoms with van der Waals surface area (Å²) in [6.07, 6.45) is 3.64. The molecule has 0 unspecified atom stereocenters. The molecular formula is C11H15NOS. The van der Waals surface area contributed by atoms with Gasteiger partial charge in [0.25, 0.3) is 0 Å². The normalized spacial score (nSPS) is 20.6. The zero-order valence-electron chi connectivity index (χ0n) is 8.19. The van der Waals surface area contributed by atoms with Crippen LogP contribution in [0.5, 0.6) is 0 Å². The third-order valence-corrected chi connectivity index (χ3v) is 4.00. The second-order valence-electron chi connectivity index (χ2n) is 3.55. The third kappa shape index (κ3) is 2.22. The molecule has 3 heteroatoms. The molecule has 1 saturated heterocycles. The van der Waals surface area contributed by atoms with E-state index in [-0.39, 0.29) is 0 Å². The van der Waals surface area contributed by atoms with E-state index in [1.165, 1.54) is 19.3 Å². The Morgan fingerprint density at radius 1 is 1.00 bits per heavy atom. The van der Waals surface area contributed by atoms with Crippen molar-refractivity contribution in [3.05, 3.63) is 30.3 Å². The summed E-state index contributed by atoms with van der Waals surface area (Å²) in [4.78, 5) is 0.925. The SMILES string of the molecule is O=[S@@](c1ccccc1)N1CCCCC1. The minimum absolute atomic E-state index is 0.925. The van der Waals surface area contributed by atoms with Crippen LogP contribution in [0.1, 0.15) is 19.3 Å². The zero-order chi connectivity index (χ0) is 9.80. The summed E-state index contributed by atoms with van der Waals surface area (Å²) < 4.78 is 14.1. The first-order valence-electron chi connectivity index (χ1n) is 5.10. The van der Waals surface area contributed by atoms with Crippen LogP contribution in [-0.2, 0) is 11.0 Å². The number of rotatable bonds is 2. The van der Waals surface area contributed by atoms with Crippen LogP contribution in [0.3, 0.4) is 0 Å². The monoisotopic (exact) mass is 209 g/mol. The second-order valence-corrected chi connectivity index (χ2v) is 5.04. The Hall–Kier alpha value is -0.670.